The zero-order valence-corrected chi connectivity index (χ0v) is 11.4. The van der Waals surface area contributed by atoms with Gasteiger partial charge < -0.3 is 10.6 Å². The van der Waals surface area contributed by atoms with E-state index in [2.05, 4.69) is 25.7 Å². The van der Waals surface area contributed by atoms with Gasteiger partial charge in [0, 0.05) is 24.5 Å². The summed E-state index contributed by atoms with van der Waals surface area (Å²) >= 11 is 0. The predicted molar refractivity (Wildman–Crippen MR) is 69.5 cm³/mol. The number of hydrogen-bond donors (Lipinski definition) is 1. The summed E-state index contributed by atoms with van der Waals surface area (Å²) in [6.07, 6.45) is 4.38. The third-order valence-electron chi connectivity index (χ3n) is 4.84. The lowest BCUT2D eigenvalue weighted by atomic mass is 9.79. The molecule has 2 N–H and O–H groups in total. The van der Waals surface area contributed by atoms with Gasteiger partial charge in [0.2, 0.25) is 5.91 Å². The molecule has 1 heterocycles. The van der Waals surface area contributed by atoms with Crippen LogP contribution in [-0.4, -0.2) is 29.9 Å². The first-order valence-corrected chi connectivity index (χ1v) is 6.99. The maximum Gasteiger partial charge on any atom is 0.228 e. The van der Waals surface area contributed by atoms with Crippen molar-refractivity contribution in [3.05, 3.63) is 0 Å². The predicted octanol–water partition coefficient (Wildman–Crippen LogP) is 2.01. The van der Waals surface area contributed by atoms with Gasteiger partial charge in [-0.3, -0.25) is 4.79 Å². The molecule has 17 heavy (non-hydrogen) atoms. The van der Waals surface area contributed by atoms with Crippen molar-refractivity contribution < 1.29 is 4.79 Å². The van der Waals surface area contributed by atoms with Gasteiger partial charge >= 0.3 is 0 Å². The average Bonchev–Trinajstić information content (AvgIpc) is 2.70. The summed E-state index contributed by atoms with van der Waals surface area (Å²) in [4.78, 5) is 14.5. The summed E-state index contributed by atoms with van der Waals surface area (Å²) < 4.78 is 0. The van der Waals surface area contributed by atoms with E-state index in [0.29, 0.717) is 23.8 Å². The highest BCUT2D eigenvalue weighted by Gasteiger charge is 2.41. The number of carbonyl (C=O) groups is 1. The van der Waals surface area contributed by atoms with Gasteiger partial charge in [-0.05, 0) is 37.5 Å². The van der Waals surface area contributed by atoms with Crippen LogP contribution >= 0.6 is 0 Å². The monoisotopic (exact) mass is 238 g/mol. The average molecular weight is 238 g/mol. The number of nitrogens with zero attached hydrogens (tertiary/aromatic N) is 1. The van der Waals surface area contributed by atoms with E-state index in [1.54, 1.807) is 0 Å². The van der Waals surface area contributed by atoms with Gasteiger partial charge in [-0.1, -0.05) is 20.8 Å². The minimum Gasteiger partial charge on any atom is -0.342 e. The quantitative estimate of drug-likeness (QED) is 0.800. The summed E-state index contributed by atoms with van der Waals surface area (Å²) in [6.45, 7) is 8.13. The molecule has 0 aromatic rings. The number of fused-ring (bicyclic) bond motifs is 1. The Morgan fingerprint density at radius 2 is 1.94 bits per heavy atom. The lowest BCUT2D eigenvalue weighted by Gasteiger charge is -2.28. The smallest absolute Gasteiger partial charge is 0.228 e. The molecule has 3 heteroatoms. The zero-order valence-electron chi connectivity index (χ0n) is 11.4. The van der Waals surface area contributed by atoms with Crippen LogP contribution < -0.4 is 5.73 Å². The van der Waals surface area contributed by atoms with Crippen LogP contribution in [-0.2, 0) is 4.79 Å². The molecular weight excluding hydrogens is 212 g/mol. The van der Waals surface area contributed by atoms with E-state index in [-0.39, 0.29) is 5.41 Å². The maximum atomic E-state index is 12.4. The molecule has 1 saturated carbocycles. The molecule has 0 aromatic carbocycles. The van der Waals surface area contributed by atoms with E-state index in [1.807, 2.05) is 0 Å². The van der Waals surface area contributed by atoms with E-state index in [4.69, 9.17) is 5.73 Å². The van der Waals surface area contributed by atoms with Gasteiger partial charge in [-0.15, -0.1) is 0 Å². The third-order valence-corrected chi connectivity index (χ3v) is 4.84. The number of hydrogen-bond acceptors (Lipinski definition) is 2. The molecule has 1 saturated heterocycles. The molecule has 2 aliphatic rings. The molecule has 1 unspecified atom stereocenters. The topological polar surface area (TPSA) is 46.3 Å². The lowest BCUT2D eigenvalue weighted by Crippen LogP contribution is -2.39. The van der Waals surface area contributed by atoms with Gasteiger partial charge in [0.25, 0.3) is 0 Å². The van der Waals surface area contributed by atoms with E-state index < -0.39 is 0 Å². The van der Waals surface area contributed by atoms with E-state index in [1.165, 1.54) is 6.42 Å². The number of rotatable bonds is 2. The van der Waals surface area contributed by atoms with Crippen molar-refractivity contribution in [1.29, 1.82) is 0 Å². The van der Waals surface area contributed by atoms with Crippen LogP contribution in [0.2, 0.25) is 0 Å². The Morgan fingerprint density at radius 3 is 2.59 bits per heavy atom. The fraction of sp³-hybridized carbons (Fsp3) is 0.929. The standard InChI is InChI=1S/C14H26N2O/c1-4-14(2,3)13(17)16-8-10-5-6-12(15)7-11(10)9-16/h10-12H,4-9,15H2,1-3H3/t10-,11+,12?/m0/s1. The molecule has 0 bridgehead atoms. The Kier molecular flexibility index (Phi) is 3.48. The Labute approximate surface area is 105 Å². The Hall–Kier alpha value is -0.570. The fourth-order valence-electron chi connectivity index (χ4n) is 3.21. The van der Waals surface area contributed by atoms with E-state index in [9.17, 15) is 4.79 Å². The van der Waals surface area contributed by atoms with Crippen molar-refractivity contribution in [2.75, 3.05) is 13.1 Å². The van der Waals surface area contributed by atoms with Crippen molar-refractivity contribution >= 4 is 5.91 Å². The molecule has 0 spiro atoms. The molecule has 3 nitrogen and oxygen atoms in total. The molecule has 2 fully saturated rings. The molecule has 1 amide bonds. The van der Waals surface area contributed by atoms with Crippen molar-refractivity contribution in [2.24, 2.45) is 23.0 Å². The van der Waals surface area contributed by atoms with Gasteiger partial charge in [0.05, 0.1) is 0 Å². The molecule has 1 aliphatic heterocycles. The Bertz CT molecular complexity index is 301. The molecule has 3 atom stereocenters. The first-order chi connectivity index (χ1) is 7.94. The minimum absolute atomic E-state index is 0.199. The lowest BCUT2D eigenvalue weighted by molar-refractivity contribution is -0.139. The van der Waals surface area contributed by atoms with Crippen LogP contribution in [0, 0.1) is 17.3 Å². The van der Waals surface area contributed by atoms with Gasteiger partial charge in [-0.2, -0.15) is 0 Å². The number of carbonyl (C=O) groups excluding carboxylic acids is 1. The largest absolute Gasteiger partial charge is 0.342 e. The third kappa shape index (κ3) is 2.49. The number of amides is 1. The first kappa shape index (κ1) is 12.9. The summed E-state index contributed by atoms with van der Waals surface area (Å²) in [5.41, 5.74) is 5.82. The highest BCUT2D eigenvalue weighted by molar-refractivity contribution is 5.82. The zero-order chi connectivity index (χ0) is 12.6. The van der Waals surface area contributed by atoms with Crippen LogP contribution in [0.1, 0.15) is 46.5 Å². The minimum atomic E-state index is -0.199. The Morgan fingerprint density at radius 1 is 1.29 bits per heavy atom. The Balaban J connectivity index is 2.00. The summed E-state index contributed by atoms with van der Waals surface area (Å²) in [7, 11) is 0. The van der Waals surface area contributed by atoms with Gasteiger partial charge in [-0.25, -0.2) is 0 Å². The SMILES string of the molecule is CCC(C)(C)C(=O)N1C[C@H]2CC(N)CC[C@H]2C1. The van der Waals surface area contributed by atoms with Crippen LogP contribution in [0.3, 0.4) is 0 Å². The molecular formula is C14H26N2O. The van der Waals surface area contributed by atoms with Crippen molar-refractivity contribution in [3.63, 3.8) is 0 Å². The fourth-order valence-corrected chi connectivity index (χ4v) is 3.21. The van der Waals surface area contributed by atoms with E-state index in [0.717, 1.165) is 32.4 Å². The van der Waals surface area contributed by atoms with Crippen molar-refractivity contribution in [2.45, 2.75) is 52.5 Å². The summed E-state index contributed by atoms with van der Waals surface area (Å²) in [5, 5.41) is 0. The highest BCUT2D eigenvalue weighted by Crippen LogP contribution is 2.37. The normalized spacial score (nSPS) is 33.6. The van der Waals surface area contributed by atoms with Crippen LogP contribution in [0.4, 0.5) is 0 Å². The van der Waals surface area contributed by atoms with E-state index >= 15 is 0 Å². The van der Waals surface area contributed by atoms with Crippen LogP contribution in [0.15, 0.2) is 0 Å². The molecule has 98 valence electrons. The van der Waals surface area contributed by atoms with Crippen LogP contribution in [0.25, 0.3) is 0 Å². The summed E-state index contributed by atoms with van der Waals surface area (Å²) in [6, 6.07) is 0.366. The van der Waals surface area contributed by atoms with Crippen molar-refractivity contribution in [1.82, 2.24) is 4.90 Å². The molecule has 0 radical (unpaired) electrons. The molecule has 0 aromatic heterocycles. The second-order valence-corrected chi connectivity index (χ2v) is 6.54. The molecule has 1 aliphatic carbocycles. The molecule has 2 rings (SSSR count). The van der Waals surface area contributed by atoms with Gasteiger partial charge in [0.15, 0.2) is 0 Å². The van der Waals surface area contributed by atoms with Crippen molar-refractivity contribution in [3.8, 4) is 0 Å². The second kappa shape index (κ2) is 4.60. The van der Waals surface area contributed by atoms with Crippen LogP contribution in [0.5, 0.6) is 0 Å². The van der Waals surface area contributed by atoms with Gasteiger partial charge in [0.1, 0.15) is 0 Å². The number of nitrogens with two attached hydrogens (primary N) is 1. The number of likely N-dealkylation sites (tertiary alicyclic amines) is 1. The summed E-state index contributed by atoms with van der Waals surface area (Å²) in [5.74, 6) is 1.71. The first-order valence-electron chi connectivity index (χ1n) is 6.99. The second-order valence-electron chi connectivity index (χ2n) is 6.54. The highest BCUT2D eigenvalue weighted by atomic mass is 16.2. The maximum absolute atomic E-state index is 12.4.